The molecule has 0 radical (unpaired) electrons. The van der Waals surface area contributed by atoms with E-state index in [1.54, 1.807) is 0 Å². The molecule has 2 fully saturated rings. The lowest BCUT2D eigenvalue weighted by Crippen LogP contribution is -2.40. The van der Waals surface area contributed by atoms with E-state index >= 15 is 0 Å². The van der Waals surface area contributed by atoms with Crippen molar-refractivity contribution in [1.29, 1.82) is 0 Å². The molecule has 3 unspecified atom stereocenters. The van der Waals surface area contributed by atoms with Crippen LogP contribution in [0, 0.1) is 16.7 Å². The lowest BCUT2D eigenvalue weighted by molar-refractivity contribution is 0.142. The zero-order chi connectivity index (χ0) is 13.8. The van der Waals surface area contributed by atoms with Crippen molar-refractivity contribution in [3.63, 3.8) is 0 Å². The molecule has 2 bridgehead atoms. The molecule has 1 N–H and O–H groups in total. The predicted molar refractivity (Wildman–Crippen MR) is 85.8 cm³/mol. The summed E-state index contributed by atoms with van der Waals surface area (Å²) in [4.78, 5) is 0. The third kappa shape index (κ3) is 1.86. The van der Waals surface area contributed by atoms with E-state index in [4.69, 9.17) is 11.6 Å². The van der Waals surface area contributed by atoms with Crippen molar-refractivity contribution in [2.45, 2.75) is 46.1 Å². The second kappa shape index (κ2) is 4.39. The summed E-state index contributed by atoms with van der Waals surface area (Å²) < 4.78 is 0.987. The molecule has 3 rings (SSSR count). The van der Waals surface area contributed by atoms with Crippen molar-refractivity contribution in [3.8, 4) is 0 Å². The maximum Gasteiger partial charge on any atom is 0.0593 e. The summed E-state index contributed by atoms with van der Waals surface area (Å²) in [5.74, 6) is 0.855. The van der Waals surface area contributed by atoms with Crippen LogP contribution in [0.5, 0.6) is 0 Å². The summed E-state index contributed by atoms with van der Waals surface area (Å²) >= 11 is 9.77. The largest absolute Gasteiger partial charge is 0.381 e. The lowest BCUT2D eigenvalue weighted by Gasteiger charge is -2.40. The average Bonchev–Trinajstić information content (AvgIpc) is 2.68. The maximum atomic E-state index is 6.18. The van der Waals surface area contributed by atoms with E-state index in [0.29, 0.717) is 16.9 Å². The van der Waals surface area contributed by atoms with Gasteiger partial charge in [-0.05, 0) is 64.1 Å². The summed E-state index contributed by atoms with van der Waals surface area (Å²) in [5, 5.41) is 4.52. The first kappa shape index (κ1) is 13.8. The zero-order valence-corrected chi connectivity index (χ0v) is 14.1. The van der Waals surface area contributed by atoms with E-state index in [1.807, 2.05) is 12.1 Å². The Hall–Kier alpha value is -0.210. The van der Waals surface area contributed by atoms with Gasteiger partial charge in [0, 0.05) is 6.04 Å². The van der Waals surface area contributed by atoms with Crippen LogP contribution in [0.25, 0.3) is 0 Å². The highest BCUT2D eigenvalue weighted by atomic mass is 79.9. The fourth-order valence-corrected chi connectivity index (χ4v) is 4.78. The lowest BCUT2D eigenvalue weighted by atomic mass is 9.69. The Morgan fingerprint density at radius 3 is 2.63 bits per heavy atom. The van der Waals surface area contributed by atoms with E-state index in [9.17, 15) is 0 Å². The fraction of sp³-hybridized carbons (Fsp3) is 0.625. The SMILES string of the molecule is CC1(C)C2CCC1(C)C(Nc1cccc(Cl)c1Br)C2. The van der Waals surface area contributed by atoms with Crippen molar-refractivity contribution in [2.24, 2.45) is 16.7 Å². The summed E-state index contributed by atoms with van der Waals surface area (Å²) in [6.45, 7) is 7.34. The van der Waals surface area contributed by atoms with Gasteiger partial charge in [0.15, 0.2) is 0 Å². The number of benzene rings is 1. The number of halogens is 2. The van der Waals surface area contributed by atoms with Gasteiger partial charge in [0.2, 0.25) is 0 Å². The van der Waals surface area contributed by atoms with Crippen LogP contribution in [-0.2, 0) is 0 Å². The first-order valence-electron chi connectivity index (χ1n) is 7.07. The molecule has 2 saturated carbocycles. The highest BCUT2D eigenvalue weighted by molar-refractivity contribution is 9.10. The van der Waals surface area contributed by atoms with Crippen LogP contribution in [-0.4, -0.2) is 6.04 Å². The van der Waals surface area contributed by atoms with E-state index in [2.05, 4.69) is 48.1 Å². The van der Waals surface area contributed by atoms with Crippen LogP contribution < -0.4 is 5.32 Å². The predicted octanol–water partition coefficient (Wildman–Crippen LogP) is 5.73. The maximum absolute atomic E-state index is 6.18. The Morgan fingerprint density at radius 1 is 1.32 bits per heavy atom. The second-order valence-corrected chi connectivity index (χ2v) is 8.11. The molecule has 3 atom stereocenters. The van der Waals surface area contributed by atoms with Gasteiger partial charge in [0.25, 0.3) is 0 Å². The molecule has 0 heterocycles. The summed E-state index contributed by atoms with van der Waals surface area (Å²) in [6.07, 6.45) is 4.00. The van der Waals surface area contributed by atoms with Crippen LogP contribution in [0.1, 0.15) is 40.0 Å². The normalized spacial score (nSPS) is 35.6. The van der Waals surface area contributed by atoms with Crippen molar-refractivity contribution in [3.05, 3.63) is 27.7 Å². The molecule has 1 aromatic rings. The molecule has 1 aromatic carbocycles. The van der Waals surface area contributed by atoms with Crippen LogP contribution in [0.2, 0.25) is 5.02 Å². The Kier molecular flexibility index (Phi) is 3.18. The summed E-state index contributed by atoms with van der Waals surface area (Å²) in [7, 11) is 0. The first-order chi connectivity index (χ1) is 8.86. The van der Waals surface area contributed by atoms with Crippen LogP contribution in [0.15, 0.2) is 22.7 Å². The quantitative estimate of drug-likeness (QED) is 0.723. The van der Waals surface area contributed by atoms with Crippen molar-refractivity contribution >= 4 is 33.2 Å². The first-order valence-corrected chi connectivity index (χ1v) is 8.24. The van der Waals surface area contributed by atoms with Crippen molar-refractivity contribution in [2.75, 3.05) is 5.32 Å². The van der Waals surface area contributed by atoms with Gasteiger partial charge < -0.3 is 5.32 Å². The number of fused-ring (bicyclic) bond motifs is 2. The molecule has 2 aliphatic carbocycles. The number of rotatable bonds is 2. The highest BCUT2D eigenvalue weighted by Crippen LogP contribution is 2.66. The van der Waals surface area contributed by atoms with Crippen molar-refractivity contribution in [1.82, 2.24) is 0 Å². The minimum absolute atomic E-state index is 0.388. The van der Waals surface area contributed by atoms with E-state index in [0.717, 1.165) is 21.1 Å². The molecular weight excluding hydrogens is 322 g/mol. The molecule has 0 saturated heterocycles. The smallest absolute Gasteiger partial charge is 0.0593 e. The molecule has 0 amide bonds. The standard InChI is InChI=1S/C16H21BrClN/c1-15(2)10-7-8-16(15,3)13(9-10)19-12-6-4-5-11(18)14(12)17/h4-6,10,13,19H,7-9H2,1-3H3. The minimum atomic E-state index is 0.388. The zero-order valence-electron chi connectivity index (χ0n) is 11.8. The van der Waals surface area contributed by atoms with Gasteiger partial charge in [0.05, 0.1) is 15.2 Å². The molecule has 1 nitrogen and oxygen atoms in total. The van der Waals surface area contributed by atoms with Crippen LogP contribution in [0.4, 0.5) is 5.69 Å². The molecule has 104 valence electrons. The summed E-state index contributed by atoms with van der Waals surface area (Å²) in [6, 6.07) is 6.59. The van der Waals surface area contributed by atoms with Crippen LogP contribution >= 0.6 is 27.5 Å². The van der Waals surface area contributed by atoms with Crippen molar-refractivity contribution < 1.29 is 0 Å². The van der Waals surface area contributed by atoms with Crippen LogP contribution in [0.3, 0.4) is 0 Å². The van der Waals surface area contributed by atoms with Gasteiger partial charge in [-0.2, -0.15) is 0 Å². The third-order valence-electron chi connectivity index (χ3n) is 6.08. The molecule has 0 aliphatic heterocycles. The molecule has 2 aliphatic rings. The Balaban J connectivity index is 1.88. The van der Waals surface area contributed by atoms with Gasteiger partial charge >= 0.3 is 0 Å². The van der Waals surface area contributed by atoms with Gasteiger partial charge in [-0.3, -0.25) is 0 Å². The number of hydrogen-bond donors (Lipinski definition) is 1. The monoisotopic (exact) mass is 341 g/mol. The minimum Gasteiger partial charge on any atom is -0.381 e. The number of nitrogens with one attached hydrogen (secondary N) is 1. The molecule has 19 heavy (non-hydrogen) atoms. The molecule has 0 aromatic heterocycles. The van der Waals surface area contributed by atoms with Gasteiger partial charge in [0.1, 0.15) is 0 Å². The van der Waals surface area contributed by atoms with Gasteiger partial charge in [-0.15, -0.1) is 0 Å². The fourth-order valence-electron chi connectivity index (χ4n) is 4.22. The number of anilines is 1. The van der Waals surface area contributed by atoms with Gasteiger partial charge in [-0.1, -0.05) is 38.4 Å². The Bertz CT molecular complexity index is 513. The number of hydrogen-bond acceptors (Lipinski definition) is 1. The molecule has 0 spiro atoms. The third-order valence-corrected chi connectivity index (χ3v) is 7.47. The van der Waals surface area contributed by atoms with E-state index in [-0.39, 0.29) is 0 Å². The topological polar surface area (TPSA) is 12.0 Å². The molecule has 3 heteroatoms. The molecular formula is C16H21BrClN. The average molecular weight is 343 g/mol. The van der Waals surface area contributed by atoms with E-state index in [1.165, 1.54) is 19.3 Å². The Labute approximate surface area is 129 Å². The summed E-state index contributed by atoms with van der Waals surface area (Å²) in [5.41, 5.74) is 1.96. The second-order valence-electron chi connectivity index (χ2n) is 6.91. The Morgan fingerprint density at radius 2 is 2.05 bits per heavy atom. The van der Waals surface area contributed by atoms with Gasteiger partial charge in [-0.25, -0.2) is 0 Å². The highest BCUT2D eigenvalue weighted by Gasteiger charge is 2.61. The van der Waals surface area contributed by atoms with E-state index < -0.39 is 0 Å².